The van der Waals surface area contributed by atoms with Crippen LogP contribution in [-0.4, -0.2) is 46.0 Å². The number of carbonyl (C=O) groups is 4. The lowest BCUT2D eigenvalue weighted by Gasteiger charge is -2.29. The topological polar surface area (TPSA) is 133 Å². The van der Waals surface area contributed by atoms with Crippen LogP contribution in [-0.2, 0) is 24.6 Å². The van der Waals surface area contributed by atoms with Crippen molar-refractivity contribution in [3.8, 4) is 0 Å². The fourth-order valence-corrected chi connectivity index (χ4v) is 2.64. The van der Waals surface area contributed by atoms with Crippen LogP contribution < -0.4 is 10.6 Å². The van der Waals surface area contributed by atoms with Crippen molar-refractivity contribution >= 4 is 23.8 Å². The molecule has 8 nitrogen and oxygen atoms in total. The van der Waals surface area contributed by atoms with Gasteiger partial charge in [-0.2, -0.15) is 0 Å². The van der Waals surface area contributed by atoms with Gasteiger partial charge in [0.15, 0.2) is 0 Å². The summed E-state index contributed by atoms with van der Waals surface area (Å²) >= 11 is 0. The van der Waals surface area contributed by atoms with Crippen LogP contribution in [0.15, 0.2) is 24.3 Å². The van der Waals surface area contributed by atoms with E-state index in [-0.39, 0.29) is 12.3 Å². The number of carbonyl (C=O) groups excluding carboxylic acids is 2. The van der Waals surface area contributed by atoms with Gasteiger partial charge in [0.1, 0.15) is 17.9 Å². The minimum Gasteiger partial charge on any atom is -0.481 e. The summed E-state index contributed by atoms with van der Waals surface area (Å²) in [5.41, 5.74) is -0.527. The molecule has 0 spiro atoms. The third kappa shape index (κ3) is 6.85. The Morgan fingerprint density at radius 1 is 1.03 bits per heavy atom. The molecule has 9 heteroatoms. The zero-order valence-corrected chi connectivity index (χ0v) is 16.9. The second kappa shape index (κ2) is 9.99. The average molecular weight is 410 g/mol. The predicted molar refractivity (Wildman–Crippen MR) is 103 cm³/mol. The molecule has 0 saturated heterocycles. The molecule has 0 aromatic heterocycles. The van der Waals surface area contributed by atoms with Crippen LogP contribution in [0.5, 0.6) is 0 Å². The van der Waals surface area contributed by atoms with E-state index in [1.54, 1.807) is 27.7 Å². The molecule has 1 rings (SSSR count). The number of halogens is 1. The summed E-state index contributed by atoms with van der Waals surface area (Å²) in [5.74, 6) is -4.56. The van der Waals surface area contributed by atoms with Gasteiger partial charge >= 0.3 is 11.9 Å². The molecule has 0 unspecified atom stereocenters. The first-order valence-electron chi connectivity index (χ1n) is 9.18. The van der Waals surface area contributed by atoms with Crippen LogP contribution >= 0.6 is 0 Å². The van der Waals surface area contributed by atoms with Crippen LogP contribution in [0.25, 0.3) is 0 Å². The fraction of sp³-hybridized carbons (Fsp3) is 0.500. The largest absolute Gasteiger partial charge is 0.481 e. The summed E-state index contributed by atoms with van der Waals surface area (Å²) in [6, 6.07) is 3.00. The predicted octanol–water partition coefficient (Wildman–Crippen LogP) is 1.68. The quantitative estimate of drug-likeness (QED) is 0.464. The van der Waals surface area contributed by atoms with Gasteiger partial charge in [0.25, 0.3) is 0 Å². The van der Waals surface area contributed by atoms with Crippen molar-refractivity contribution in [1.82, 2.24) is 10.6 Å². The lowest BCUT2D eigenvalue weighted by Crippen LogP contribution is -2.56. The molecule has 2 amide bonds. The molecule has 0 aliphatic carbocycles. The first-order chi connectivity index (χ1) is 13.4. The number of rotatable bonds is 10. The number of hydrogen-bond acceptors (Lipinski definition) is 4. The zero-order chi connectivity index (χ0) is 22.4. The van der Waals surface area contributed by atoms with Crippen molar-refractivity contribution in [2.24, 2.45) is 5.92 Å². The van der Waals surface area contributed by atoms with Crippen LogP contribution in [0.4, 0.5) is 4.39 Å². The van der Waals surface area contributed by atoms with E-state index in [2.05, 4.69) is 10.6 Å². The van der Waals surface area contributed by atoms with Crippen molar-refractivity contribution in [3.63, 3.8) is 0 Å². The molecular formula is C20H27FN2O6. The lowest BCUT2D eigenvalue weighted by atomic mass is 9.83. The highest BCUT2D eigenvalue weighted by Crippen LogP contribution is 2.24. The van der Waals surface area contributed by atoms with Gasteiger partial charge in [0.2, 0.25) is 11.8 Å². The molecule has 0 aliphatic heterocycles. The smallest absolute Gasteiger partial charge is 0.326 e. The Morgan fingerprint density at radius 2 is 1.59 bits per heavy atom. The minimum atomic E-state index is -1.39. The second-order valence-corrected chi connectivity index (χ2v) is 7.66. The van der Waals surface area contributed by atoms with Crippen molar-refractivity contribution < 1.29 is 33.8 Å². The summed E-state index contributed by atoms with van der Waals surface area (Å²) in [6.45, 7) is 6.61. The summed E-state index contributed by atoms with van der Waals surface area (Å²) in [5, 5.41) is 22.9. The van der Waals surface area contributed by atoms with Gasteiger partial charge in [0.05, 0.1) is 5.41 Å². The van der Waals surface area contributed by atoms with Gasteiger partial charge in [-0.25, -0.2) is 9.18 Å². The molecule has 160 valence electrons. The molecule has 2 atom stereocenters. The molecular weight excluding hydrogens is 383 g/mol. The third-order valence-corrected chi connectivity index (χ3v) is 4.63. The van der Waals surface area contributed by atoms with E-state index in [9.17, 15) is 28.7 Å². The third-order valence-electron chi connectivity index (χ3n) is 4.63. The Bertz CT molecular complexity index is 761. The number of benzene rings is 1. The first kappa shape index (κ1) is 24.1. The van der Waals surface area contributed by atoms with Gasteiger partial charge in [-0.05, 0) is 43.9 Å². The molecule has 0 radical (unpaired) electrons. The Labute approximate surface area is 168 Å². The van der Waals surface area contributed by atoms with Crippen LogP contribution in [0, 0.1) is 11.7 Å². The van der Waals surface area contributed by atoms with Crippen molar-refractivity contribution in [2.45, 2.75) is 58.0 Å². The Hall–Kier alpha value is -2.97. The molecule has 0 aliphatic rings. The molecule has 4 N–H and O–H groups in total. The van der Waals surface area contributed by atoms with E-state index >= 15 is 0 Å². The van der Waals surface area contributed by atoms with Crippen molar-refractivity contribution in [1.29, 1.82) is 0 Å². The maximum Gasteiger partial charge on any atom is 0.326 e. The zero-order valence-electron chi connectivity index (χ0n) is 16.9. The first-order valence-corrected chi connectivity index (χ1v) is 9.18. The summed E-state index contributed by atoms with van der Waals surface area (Å²) in [4.78, 5) is 47.4. The molecule has 0 saturated carbocycles. The van der Waals surface area contributed by atoms with Gasteiger partial charge in [-0.3, -0.25) is 14.4 Å². The summed E-state index contributed by atoms with van der Waals surface area (Å²) < 4.78 is 13.2. The molecule has 29 heavy (non-hydrogen) atoms. The highest BCUT2D eigenvalue weighted by molar-refractivity contribution is 5.94. The van der Waals surface area contributed by atoms with Gasteiger partial charge in [0, 0.05) is 6.42 Å². The number of carboxylic acids is 2. The van der Waals surface area contributed by atoms with Gasteiger partial charge in [-0.15, -0.1) is 0 Å². The molecule has 1 aromatic rings. The van der Waals surface area contributed by atoms with E-state index in [1.165, 1.54) is 24.3 Å². The van der Waals surface area contributed by atoms with Gasteiger partial charge in [-0.1, -0.05) is 26.0 Å². The number of carboxylic acid groups (broad SMARTS) is 2. The number of hydrogen-bond donors (Lipinski definition) is 4. The van der Waals surface area contributed by atoms with Crippen molar-refractivity contribution in [2.75, 3.05) is 0 Å². The molecule has 0 fully saturated rings. The molecule has 0 heterocycles. The van der Waals surface area contributed by atoms with E-state index in [1.807, 2.05) is 0 Å². The van der Waals surface area contributed by atoms with Crippen molar-refractivity contribution in [3.05, 3.63) is 35.6 Å². The van der Waals surface area contributed by atoms with Crippen LogP contribution in [0.2, 0.25) is 0 Å². The second-order valence-electron chi connectivity index (χ2n) is 7.66. The highest BCUT2D eigenvalue weighted by atomic mass is 19.1. The normalized spacial score (nSPS) is 13.4. The number of amides is 2. The number of nitrogens with one attached hydrogen (secondary N) is 2. The lowest BCUT2D eigenvalue weighted by molar-refractivity contribution is -0.143. The van der Waals surface area contributed by atoms with Crippen LogP contribution in [0.3, 0.4) is 0 Å². The average Bonchev–Trinajstić information content (AvgIpc) is 2.62. The Kier molecular flexibility index (Phi) is 8.29. The van der Waals surface area contributed by atoms with E-state index < -0.39 is 53.5 Å². The highest BCUT2D eigenvalue weighted by Gasteiger charge is 2.35. The minimum absolute atomic E-state index is 0.282. The monoisotopic (exact) mass is 410 g/mol. The van der Waals surface area contributed by atoms with Crippen LogP contribution in [0.1, 0.15) is 46.1 Å². The van der Waals surface area contributed by atoms with E-state index in [4.69, 9.17) is 5.11 Å². The summed E-state index contributed by atoms with van der Waals surface area (Å²) in [6.07, 6.45) is -0.705. The Morgan fingerprint density at radius 3 is 2.03 bits per heavy atom. The maximum atomic E-state index is 13.2. The van der Waals surface area contributed by atoms with E-state index in [0.717, 1.165) is 0 Å². The summed E-state index contributed by atoms with van der Waals surface area (Å²) in [7, 11) is 0. The van der Waals surface area contributed by atoms with E-state index in [0.29, 0.717) is 5.56 Å². The fourth-order valence-electron chi connectivity index (χ4n) is 2.64. The standard InChI is InChI=1S/C20H27FN2O6/c1-11(2)16(17(26)22-14(18(27)28)9-10-15(24)25)23-19(29)20(3,4)12-5-7-13(21)8-6-12/h5-8,11,14,16H,9-10H2,1-4H3,(H,22,26)(H,23,29)(H,24,25)(H,27,28)/t14-,16+/m1/s1. The SMILES string of the molecule is CC(C)[C@H](NC(=O)C(C)(C)c1ccc(F)cc1)C(=O)N[C@H](CCC(=O)O)C(=O)O. The number of aliphatic carboxylic acids is 2. The molecule has 0 bridgehead atoms. The Balaban J connectivity index is 2.94. The van der Waals surface area contributed by atoms with Gasteiger partial charge < -0.3 is 20.8 Å². The molecule has 1 aromatic carbocycles. The maximum absolute atomic E-state index is 13.2.